The molecule has 0 aliphatic carbocycles. The highest BCUT2D eigenvalue weighted by Crippen LogP contribution is 2.31. The van der Waals surface area contributed by atoms with E-state index in [0.717, 1.165) is 16.3 Å². The molecule has 0 radical (unpaired) electrons. The maximum Gasteiger partial charge on any atom is 0.304 e. The summed E-state index contributed by atoms with van der Waals surface area (Å²) in [7, 11) is 0. The van der Waals surface area contributed by atoms with Gasteiger partial charge in [-0.3, -0.25) is 9.20 Å². The fourth-order valence-electron chi connectivity index (χ4n) is 2.17. The number of rotatable bonds is 3. The number of hydrogen-bond donors (Lipinski definition) is 1. The van der Waals surface area contributed by atoms with E-state index in [4.69, 9.17) is 5.11 Å². The highest BCUT2D eigenvalue weighted by molar-refractivity contribution is 7.15. The molecular weight excluding hydrogens is 224 g/mol. The summed E-state index contributed by atoms with van der Waals surface area (Å²) < 4.78 is 1.99. The second kappa shape index (κ2) is 3.59. The lowest BCUT2D eigenvalue weighted by Crippen LogP contribution is -2.24. The SMILES string of the molecule is Cc1nc2sccn2c1C(C)(C)CC(=O)O. The topological polar surface area (TPSA) is 54.6 Å². The average Bonchev–Trinajstić information content (AvgIpc) is 2.58. The van der Waals surface area contributed by atoms with Gasteiger partial charge in [-0.15, -0.1) is 11.3 Å². The van der Waals surface area contributed by atoms with Crippen molar-refractivity contribution >= 4 is 22.3 Å². The highest BCUT2D eigenvalue weighted by Gasteiger charge is 2.30. The van der Waals surface area contributed by atoms with Crippen LogP contribution in [-0.2, 0) is 10.2 Å². The molecule has 0 aliphatic rings. The zero-order valence-corrected chi connectivity index (χ0v) is 10.3. The van der Waals surface area contributed by atoms with Crippen molar-refractivity contribution in [2.75, 3.05) is 0 Å². The molecule has 0 amide bonds. The Morgan fingerprint density at radius 3 is 2.94 bits per heavy atom. The number of carboxylic acid groups (broad SMARTS) is 1. The van der Waals surface area contributed by atoms with Crippen molar-refractivity contribution in [3.8, 4) is 0 Å². The molecule has 1 N–H and O–H groups in total. The van der Waals surface area contributed by atoms with Gasteiger partial charge in [-0.25, -0.2) is 4.98 Å². The molecule has 86 valence electrons. The third kappa shape index (κ3) is 1.71. The number of aliphatic carboxylic acids is 1. The number of aromatic nitrogens is 2. The molecule has 0 atom stereocenters. The molecule has 16 heavy (non-hydrogen) atoms. The molecule has 2 rings (SSSR count). The lowest BCUT2D eigenvalue weighted by Gasteiger charge is -2.22. The summed E-state index contributed by atoms with van der Waals surface area (Å²) >= 11 is 1.56. The molecule has 0 aromatic carbocycles. The summed E-state index contributed by atoms with van der Waals surface area (Å²) in [5.41, 5.74) is 1.50. The number of carboxylic acids is 1. The average molecular weight is 238 g/mol. The molecule has 0 spiro atoms. The molecule has 0 saturated heterocycles. The summed E-state index contributed by atoms with van der Waals surface area (Å²) in [6, 6.07) is 0. The van der Waals surface area contributed by atoms with Crippen LogP contribution in [0.4, 0.5) is 0 Å². The van der Waals surface area contributed by atoms with Crippen molar-refractivity contribution in [3.63, 3.8) is 0 Å². The quantitative estimate of drug-likeness (QED) is 0.893. The predicted octanol–water partition coefficient (Wildman–Crippen LogP) is 2.46. The van der Waals surface area contributed by atoms with Gasteiger partial charge >= 0.3 is 5.97 Å². The van der Waals surface area contributed by atoms with Gasteiger partial charge in [-0.05, 0) is 6.92 Å². The standard InChI is InChI=1S/C11H14N2O2S/c1-7-9(11(2,3)6-8(14)15)13-4-5-16-10(13)12-7/h4-5H,6H2,1-3H3,(H,14,15). The minimum atomic E-state index is -0.783. The summed E-state index contributed by atoms with van der Waals surface area (Å²) in [6.07, 6.45) is 2.05. The fourth-order valence-corrected chi connectivity index (χ4v) is 2.93. The Morgan fingerprint density at radius 1 is 1.62 bits per heavy atom. The van der Waals surface area contributed by atoms with E-state index < -0.39 is 11.4 Å². The van der Waals surface area contributed by atoms with Gasteiger partial charge in [-0.1, -0.05) is 13.8 Å². The Balaban J connectivity index is 2.56. The van der Waals surface area contributed by atoms with Gasteiger partial charge in [0, 0.05) is 17.0 Å². The first kappa shape index (κ1) is 11.1. The van der Waals surface area contributed by atoms with Gasteiger partial charge in [0.2, 0.25) is 0 Å². The smallest absolute Gasteiger partial charge is 0.304 e. The maximum atomic E-state index is 10.9. The zero-order valence-electron chi connectivity index (χ0n) is 9.52. The van der Waals surface area contributed by atoms with Crippen LogP contribution in [0.15, 0.2) is 11.6 Å². The predicted molar refractivity (Wildman–Crippen MR) is 63.1 cm³/mol. The van der Waals surface area contributed by atoms with Crippen molar-refractivity contribution in [3.05, 3.63) is 23.0 Å². The van der Waals surface area contributed by atoms with Crippen LogP contribution in [-0.4, -0.2) is 20.5 Å². The highest BCUT2D eigenvalue weighted by atomic mass is 32.1. The van der Waals surface area contributed by atoms with Crippen LogP contribution in [0.5, 0.6) is 0 Å². The number of fused-ring (bicyclic) bond motifs is 1. The Kier molecular flexibility index (Phi) is 2.50. The summed E-state index contributed by atoms with van der Waals surface area (Å²) in [5.74, 6) is -0.783. The fraction of sp³-hybridized carbons (Fsp3) is 0.455. The molecule has 0 aliphatic heterocycles. The van der Waals surface area contributed by atoms with Gasteiger partial charge in [0.25, 0.3) is 0 Å². The van der Waals surface area contributed by atoms with Crippen LogP contribution in [0.1, 0.15) is 31.7 Å². The first-order chi connectivity index (χ1) is 7.42. The number of hydrogen-bond acceptors (Lipinski definition) is 3. The van der Waals surface area contributed by atoms with Crippen molar-refractivity contribution in [2.45, 2.75) is 32.6 Å². The van der Waals surface area contributed by atoms with Gasteiger partial charge in [-0.2, -0.15) is 0 Å². The van der Waals surface area contributed by atoms with Crippen molar-refractivity contribution < 1.29 is 9.90 Å². The van der Waals surface area contributed by atoms with Crippen LogP contribution in [0.3, 0.4) is 0 Å². The monoisotopic (exact) mass is 238 g/mol. The van der Waals surface area contributed by atoms with Gasteiger partial charge < -0.3 is 5.11 Å². The van der Waals surface area contributed by atoms with Crippen molar-refractivity contribution in [1.29, 1.82) is 0 Å². The maximum absolute atomic E-state index is 10.9. The van der Waals surface area contributed by atoms with E-state index in [1.54, 1.807) is 11.3 Å². The van der Waals surface area contributed by atoms with Crippen LogP contribution in [0, 0.1) is 6.92 Å². The van der Waals surface area contributed by atoms with E-state index >= 15 is 0 Å². The molecular formula is C11H14N2O2S. The molecule has 4 nitrogen and oxygen atoms in total. The van der Waals surface area contributed by atoms with E-state index in [2.05, 4.69) is 4.98 Å². The first-order valence-corrected chi connectivity index (χ1v) is 5.94. The Bertz CT molecular complexity index is 539. The molecule has 5 heteroatoms. The van der Waals surface area contributed by atoms with Crippen LogP contribution in [0.25, 0.3) is 4.96 Å². The minimum Gasteiger partial charge on any atom is -0.481 e. The van der Waals surface area contributed by atoms with Gasteiger partial charge in [0.05, 0.1) is 17.8 Å². The zero-order chi connectivity index (χ0) is 11.9. The number of imidazole rings is 1. The molecule has 0 fully saturated rings. The Morgan fingerprint density at radius 2 is 2.31 bits per heavy atom. The van der Waals surface area contributed by atoms with E-state index in [-0.39, 0.29) is 6.42 Å². The largest absolute Gasteiger partial charge is 0.481 e. The third-order valence-electron chi connectivity index (χ3n) is 2.67. The molecule has 2 aromatic heterocycles. The summed E-state index contributed by atoms with van der Waals surface area (Å²) in [6.45, 7) is 5.81. The number of aryl methyl sites for hydroxylation is 1. The van der Waals surface area contributed by atoms with Gasteiger partial charge in [0.1, 0.15) is 0 Å². The Hall–Kier alpha value is -1.36. The van der Waals surface area contributed by atoms with Crippen LogP contribution in [0.2, 0.25) is 0 Å². The summed E-state index contributed by atoms with van der Waals surface area (Å²) in [4.78, 5) is 16.2. The first-order valence-electron chi connectivity index (χ1n) is 5.06. The second-order valence-electron chi connectivity index (χ2n) is 4.56. The number of nitrogens with zero attached hydrogens (tertiary/aromatic N) is 2. The lowest BCUT2D eigenvalue weighted by atomic mass is 9.84. The molecule has 2 aromatic rings. The molecule has 0 bridgehead atoms. The molecule has 0 unspecified atom stereocenters. The normalized spacial score (nSPS) is 12.2. The van der Waals surface area contributed by atoms with E-state index in [0.29, 0.717) is 0 Å². The van der Waals surface area contributed by atoms with Crippen LogP contribution < -0.4 is 0 Å². The molecule has 2 heterocycles. The van der Waals surface area contributed by atoms with Gasteiger partial charge in [0.15, 0.2) is 4.96 Å². The van der Waals surface area contributed by atoms with Crippen LogP contribution >= 0.6 is 11.3 Å². The third-order valence-corrected chi connectivity index (χ3v) is 3.43. The number of carbonyl (C=O) groups is 1. The summed E-state index contributed by atoms with van der Waals surface area (Å²) in [5, 5.41) is 10.9. The van der Waals surface area contributed by atoms with E-state index in [9.17, 15) is 4.79 Å². The van der Waals surface area contributed by atoms with E-state index in [1.807, 2.05) is 36.7 Å². The Labute approximate surface area is 97.6 Å². The number of thiazole rings is 1. The van der Waals surface area contributed by atoms with Crippen molar-refractivity contribution in [1.82, 2.24) is 9.38 Å². The van der Waals surface area contributed by atoms with E-state index in [1.165, 1.54) is 0 Å². The molecule has 0 saturated carbocycles. The minimum absolute atomic E-state index is 0.109. The van der Waals surface area contributed by atoms with Crippen molar-refractivity contribution in [2.24, 2.45) is 0 Å². The lowest BCUT2D eigenvalue weighted by molar-refractivity contribution is -0.138. The second-order valence-corrected chi connectivity index (χ2v) is 5.43.